The number of nitrogens with one attached hydrogen (secondary N) is 1. The van der Waals surface area contributed by atoms with E-state index < -0.39 is 26.6 Å². The highest BCUT2D eigenvalue weighted by molar-refractivity contribution is 7.89. The van der Waals surface area contributed by atoms with E-state index in [1.165, 1.54) is 6.92 Å². The molecule has 0 radical (unpaired) electrons. The van der Waals surface area contributed by atoms with Crippen molar-refractivity contribution in [2.45, 2.75) is 31.4 Å². The van der Waals surface area contributed by atoms with Crippen molar-refractivity contribution in [3.63, 3.8) is 0 Å². The Morgan fingerprint density at radius 1 is 1.45 bits per heavy atom. The van der Waals surface area contributed by atoms with Gasteiger partial charge in [0.25, 0.3) is 10.0 Å². The number of hydrogen-bond acceptors (Lipinski definition) is 5. The highest BCUT2D eigenvalue weighted by Gasteiger charge is 2.50. The number of nitrogens with zero attached hydrogens (tertiary/aromatic N) is 2. The van der Waals surface area contributed by atoms with Crippen LogP contribution in [0, 0.1) is 12.8 Å². The van der Waals surface area contributed by atoms with Crippen molar-refractivity contribution >= 4 is 16.0 Å². The third-order valence-corrected chi connectivity index (χ3v) is 5.41. The van der Waals surface area contributed by atoms with Crippen molar-refractivity contribution in [3.05, 3.63) is 11.3 Å². The molecule has 2 rings (SSSR count). The number of H-pyrrole nitrogens is 1. The number of sulfonamides is 1. The molecule has 1 aliphatic heterocycles. The molecule has 0 aliphatic carbocycles. The lowest BCUT2D eigenvalue weighted by molar-refractivity contribution is -0.0933. The zero-order valence-electron chi connectivity index (χ0n) is 11.4. The summed E-state index contributed by atoms with van der Waals surface area (Å²) in [5, 5.41) is 24.6. The van der Waals surface area contributed by atoms with Gasteiger partial charge in [0.1, 0.15) is 5.56 Å². The Hall–Kier alpha value is -1.45. The number of hydrogen-bond donors (Lipinski definition) is 3. The van der Waals surface area contributed by atoms with Gasteiger partial charge in [-0.25, -0.2) is 13.2 Å². The Labute approximate surface area is 116 Å². The third-order valence-electron chi connectivity index (χ3n) is 3.69. The minimum absolute atomic E-state index is 0.0576. The molecule has 0 saturated carbocycles. The molecule has 1 saturated heterocycles. The molecule has 20 heavy (non-hydrogen) atoms. The predicted molar refractivity (Wildman–Crippen MR) is 68.8 cm³/mol. The fourth-order valence-electron chi connectivity index (χ4n) is 2.07. The predicted octanol–water partition coefficient (Wildman–Crippen LogP) is -0.192. The number of carboxylic acid groups (broad SMARTS) is 1. The summed E-state index contributed by atoms with van der Waals surface area (Å²) < 4.78 is 25.7. The van der Waals surface area contributed by atoms with Crippen LogP contribution in [0.3, 0.4) is 0 Å². The van der Waals surface area contributed by atoms with Crippen molar-refractivity contribution in [1.29, 1.82) is 0 Å². The Balaban J connectivity index is 2.33. The van der Waals surface area contributed by atoms with Crippen LogP contribution in [0.2, 0.25) is 0 Å². The van der Waals surface area contributed by atoms with Gasteiger partial charge >= 0.3 is 5.97 Å². The van der Waals surface area contributed by atoms with Gasteiger partial charge < -0.3 is 10.2 Å². The Kier molecular flexibility index (Phi) is 3.39. The Morgan fingerprint density at radius 3 is 2.45 bits per heavy atom. The number of aryl methyl sites for hydroxylation is 1. The lowest BCUT2D eigenvalue weighted by atomic mass is 9.85. The molecule has 0 aromatic carbocycles. The van der Waals surface area contributed by atoms with Crippen LogP contribution in [0.4, 0.5) is 0 Å². The molecule has 9 heteroatoms. The van der Waals surface area contributed by atoms with Crippen LogP contribution in [-0.4, -0.2) is 57.8 Å². The number of aromatic nitrogens is 2. The van der Waals surface area contributed by atoms with Crippen LogP contribution in [0.15, 0.2) is 5.03 Å². The first-order valence-electron chi connectivity index (χ1n) is 6.10. The number of aromatic carboxylic acids is 1. The fraction of sp³-hybridized carbons (Fsp3) is 0.636. The van der Waals surface area contributed by atoms with Crippen LogP contribution >= 0.6 is 0 Å². The summed E-state index contributed by atoms with van der Waals surface area (Å²) in [6.07, 6.45) is 0. The molecule has 0 atom stereocenters. The molecule has 1 aliphatic rings. The number of rotatable bonds is 4. The zero-order valence-corrected chi connectivity index (χ0v) is 12.2. The van der Waals surface area contributed by atoms with Crippen molar-refractivity contribution in [1.82, 2.24) is 14.5 Å². The van der Waals surface area contributed by atoms with Crippen LogP contribution < -0.4 is 0 Å². The lowest BCUT2D eigenvalue weighted by Crippen LogP contribution is -2.65. The molecule has 112 valence electrons. The van der Waals surface area contributed by atoms with E-state index in [9.17, 15) is 18.3 Å². The molecule has 1 aromatic rings. The normalized spacial score (nSPS) is 19.1. The number of aliphatic hydroxyl groups is 1. The molecular formula is C11H17N3O5S. The smallest absolute Gasteiger partial charge is 0.340 e. The van der Waals surface area contributed by atoms with Gasteiger partial charge in [-0.1, -0.05) is 13.8 Å². The summed E-state index contributed by atoms with van der Waals surface area (Å²) in [5.41, 5.74) is -1.25. The average Bonchev–Trinajstić information content (AvgIpc) is 2.67. The van der Waals surface area contributed by atoms with Crippen LogP contribution in [0.5, 0.6) is 0 Å². The van der Waals surface area contributed by atoms with E-state index in [0.29, 0.717) is 0 Å². The van der Waals surface area contributed by atoms with E-state index in [1.807, 2.05) is 0 Å². The van der Waals surface area contributed by atoms with E-state index in [-0.39, 0.29) is 30.3 Å². The highest BCUT2D eigenvalue weighted by Crippen LogP contribution is 2.33. The number of β-amino-alcohol motifs (C(OH)–C–C–N with tert-alkyl or cyclic N) is 1. The van der Waals surface area contributed by atoms with Crippen LogP contribution in [-0.2, 0) is 10.0 Å². The molecule has 0 unspecified atom stereocenters. The number of aromatic amines is 1. The summed E-state index contributed by atoms with van der Waals surface area (Å²) >= 11 is 0. The summed E-state index contributed by atoms with van der Waals surface area (Å²) in [5.74, 6) is -1.44. The maximum Gasteiger partial charge on any atom is 0.340 e. The molecule has 1 fully saturated rings. The molecule has 0 amide bonds. The molecule has 2 heterocycles. The lowest BCUT2D eigenvalue weighted by Gasteiger charge is -2.47. The van der Waals surface area contributed by atoms with Gasteiger partial charge in [-0.2, -0.15) is 9.40 Å². The van der Waals surface area contributed by atoms with E-state index in [2.05, 4.69) is 10.2 Å². The summed E-state index contributed by atoms with van der Waals surface area (Å²) in [7, 11) is -4.01. The molecule has 8 nitrogen and oxygen atoms in total. The first kappa shape index (κ1) is 14.9. The molecule has 1 aromatic heterocycles. The summed E-state index contributed by atoms with van der Waals surface area (Å²) in [6.45, 7) is 4.92. The molecule has 3 N–H and O–H groups in total. The van der Waals surface area contributed by atoms with Gasteiger partial charge in [0.15, 0.2) is 0 Å². The average molecular weight is 303 g/mol. The SMILES string of the molecule is Cc1[nH]nc(S(=O)(=O)N2CC(O)(C(C)C)C2)c1C(=O)O. The Morgan fingerprint density at radius 2 is 2.00 bits per heavy atom. The standard InChI is InChI=1S/C11H17N3O5S/c1-6(2)11(17)4-14(5-11)20(18,19)9-8(10(15)16)7(3)12-13-9/h6,17H,4-5H2,1-3H3,(H,12,13)(H,15,16). The topological polar surface area (TPSA) is 124 Å². The second-order valence-electron chi connectivity index (χ2n) is 5.37. The van der Waals surface area contributed by atoms with Crippen molar-refractivity contribution in [2.75, 3.05) is 13.1 Å². The molecule has 0 bridgehead atoms. The van der Waals surface area contributed by atoms with E-state index in [1.54, 1.807) is 13.8 Å². The minimum atomic E-state index is -4.01. The second-order valence-corrected chi connectivity index (χ2v) is 7.22. The third kappa shape index (κ3) is 2.11. The van der Waals surface area contributed by atoms with Crippen molar-refractivity contribution in [3.8, 4) is 0 Å². The quantitative estimate of drug-likeness (QED) is 0.708. The summed E-state index contributed by atoms with van der Waals surface area (Å²) in [4.78, 5) is 11.1. The van der Waals surface area contributed by atoms with E-state index in [0.717, 1.165) is 4.31 Å². The maximum atomic E-state index is 12.3. The minimum Gasteiger partial charge on any atom is -0.478 e. The first-order valence-corrected chi connectivity index (χ1v) is 7.54. The fourth-order valence-corrected chi connectivity index (χ4v) is 3.76. The van der Waals surface area contributed by atoms with Crippen molar-refractivity contribution in [2.24, 2.45) is 5.92 Å². The number of carboxylic acids is 1. The van der Waals surface area contributed by atoms with Crippen LogP contribution in [0.25, 0.3) is 0 Å². The van der Waals surface area contributed by atoms with E-state index >= 15 is 0 Å². The highest BCUT2D eigenvalue weighted by atomic mass is 32.2. The van der Waals surface area contributed by atoms with Crippen molar-refractivity contribution < 1.29 is 23.4 Å². The Bertz CT molecular complexity index is 643. The van der Waals surface area contributed by atoms with Gasteiger partial charge in [-0.05, 0) is 12.8 Å². The van der Waals surface area contributed by atoms with Crippen LogP contribution in [0.1, 0.15) is 29.9 Å². The molecule has 0 spiro atoms. The monoisotopic (exact) mass is 303 g/mol. The van der Waals surface area contributed by atoms with Gasteiger partial charge in [0.2, 0.25) is 5.03 Å². The van der Waals surface area contributed by atoms with Gasteiger partial charge in [0, 0.05) is 18.8 Å². The second kappa shape index (κ2) is 4.54. The van der Waals surface area contributed by atoms with E-state index in [4.69, 9.17) is 5.11 Å². The zero-order chi connectivity index (χ0) is 15.3. The first-order chi connectivity index (χ1) is 9.09. The molecular weight excluding hydrogens is 286 g/mol. The number of carbonyl (C=O) groups is 1. The van der Waals surface area contributed by atoms with Gasteiger partial charge in [0.05, 0.1) is 5.60 Å². The van der Waals surface area contributed by atoms with Gasteiger partial charge in [-0.15, -0.1) is 0 Å². The van der Waals surface area contributed by atoms with Gasteiger partial charge in [-0.3, -0.25) is 5.10 Å². The summed E-state index contributed by atoms with van der Waals surface area (Å²) in [6, 6.07) is 0. The maximum absolute atomic E-state index is 12.3. The largest absolute Gasteiger partial charge is 0.478 e.